The van der Waals surface area contributed by atoms with Crippen LogP contribution in [0.1, 0.15) is 21.5 Å². The molecule has 2 aromatic heterocycles. The first kappa shape index (κ1) is 17.6. The molecule has 0 aliphatic rings. The molecule has 0 unspecified atom stereocenters. The van der Waals surface area contributed by atoms with E-state index in [1.54, 1.807) is 42.9 Å². The molecule has 0 atom stereocenters. The van der Waals surface area contributed by atoms with Crippen molar-refractivity contribution in [1.82, 2.24) is 9.97 Å². The summed E-state index contributed by atoms with van der Waals surface area (Å²) in [5.74, 6) is -0.430. The zero-order valence-electron chi connectivity index (χ0n) is 15.0. The Morgan fingerprint density at radius 2 is 1.75 bits per heavy atom. The highest BCUT2D eigenvalue weighted by molar-refractivity contribution is 6.06. The molecule has 2 heterocycles. The van der Waals surface area contributed by atoms with Gasteiger partial charge in [-0.15, -0.1) is 0 Å². The van der Waals surface area contributed by atoms with E-state index in [0.717, 1.165) is 16.3 Å². The van der Waals surface area contributed by atoms with Crippen LogP contribution in [0.3, 0.4) is 0 Å². The van der Waals surface area contributed by atoms with Gasteiger partial charge in [0.15, 0.2) is 5.82 Å². The fraction of sp³-hybridized carbons (Fsp3) is 0.0455. The summed E-state index contributed by atoms with van der Waals surface area (Å²) < 4.78 is 0. The molecule has 4 aromatic rings. The second-order valence-electron chi connectivity index (χ2n) is 6.41. The summed E-state index contributed by atoms with van der Waals surface area (Å²) in [7, 11) is 0. The lowest BCUT2D eigenvalue weighted by atomic mass is 9.98. The van der Waals surface area contributed by atoms with E-state index in [2.05, 4.69) is 9.97 Å². The smallest absolute Gasteiger partial charge is 0.283 e. The first-order chi connectivity index (χ1) is 13.6. The number of nitrogen functional groups attached to an aromatic ring is 1. The van der Waals surface area contributed by atoms with Crippen LogP contribution in [0.4, 0.5) is 11.5 Å². The van der Waals surface area contributed by atoms with Gasteiger partial charge in [0.1, 0.15) is 0 Å². The largest absolute Gasteiger partial charge is 0.398 e. The Morgan fingerprint density at radius 1 is 1.00 bits per heavy atom. The number of aromatic nitrogens is 2. The first-order valence-corrected chi connectivity index (χ1v) is 8.78. The predicted molar refractivity (Wildman–Crippen MR) is 108 cm³/mol. The van der Waals surface area contributed by atoms with E-state index in [1.807, 2.05) is 36.4 Å². The maximum Gasteiger partial charge on any atom is 0.283 e. The normalized spacial score (nSPS) is 10.8. The molecule has 6 heteroatoms. The molecule has 0 radical (unpaired) electrons. The zero-order valence-corrected chi connectivity index (χ0v) is 15.0. The maximum absolute atomic E-state index is 13.0. The monoisotopic (exact) mass is 370 g/mol. The molecule has 1 amide bonds. The van der Waals surface area contributed by atoms with Crippen LogP contribution < -0.4 is 10.8 Å². The van der Waals surface area contributed by atoms with Crippen molar-refractivity contribution in [3.05, 3.63) is 95.9 Å². The topological polar surface area (TPSA) is 92.3 Å². The van der Waals surface area contributed by atoms with Crippen LogP contribution in [0.15, 0.2) is 79.3 Å². The van der Waals surface area contributed by atoms with Crippen molar-refractivity contribution in [2.24, 2.45) is 0 Å². The Hall–Kier alpha value is -3.77. The van der Waals surface area contributed by atoms with E-state index >= 15 is 0 Å². The van der Waals surface area contributed by atoms with Crippen LogP contribution in [0.5, 0.6) is 0 Å². The maximum atomic E-state index is 13.0. The van der Waals surface area contributed by atoms with Gasteiger partial charge in [-0.2, -0.15) is 5.06 Å². The molecule has 0 saturated carbocycles. The van der Waals surface area contributed by atoms with E-state index in [9.17, 15) is 10.0 Å². The molecule has 4 rings (SSSR count). The quantitative estimate of drug-likeness (QED) is 0.323. The number of nitrogens with two attached hydrogens (primary N) is 1. The van der Waals surface area contributed by atoms with Crippen molar-refractivity contribution < 1.29 is 10.0 Å². The van der Waals surface area contributed by atoms with Crippen LogP contribution in [0.2, 0.25) is 0 Å². The number of amides is 1. The molecule has 0 bridgehead atoms. The molecule has 6 nitrogen and oxygen atoms in total. The molecule has 3 N–H and O–H groups in total. The molecule has 28 heavy (non-hydrogen) atoms. The summed E-state index contributed by atoms with van der Waals surface area (Å²) in [4.78, 5) is 21.2. The van der Waals surface area contributed by atoms with Gasteiger partial charge in [-0.05, 0) is 46.8 Å². The summed E-state index contributed by atoms with van der Waals surface area (Å²) in [6.07, 6.45) is 5.45. The number of anilines is 2. The summed E-state index contributed by atoms with van der Waals surface area (Å²) in [6.45, 7) is 0. The highest BCUT2D eigenvalue weighted by atomic mass is 16.5. The summed E-state index contributed by atoms with van der Waals surface area (Å²) >= 11 is 0. The van der Waals surface area contributed by atoms with E-state index in [-0.39, 0.29) is 5.82 Å². The fourth-order valence-corrected chi connectivity index (χ4v) is 3.11. The highest BCUT2D eigenvalue weighted by Crippen LogP contribution is 2.25. The Kier molecular flexibility index (Phi) is 4.70. The van der Waals surface area contributed by atoms with Gasteiger partial charge in [-0.25, -0.2) is 4.98 Å². The predicted octanol–water partition coefficient (Wildman–Crippen LogP) is 3.84. The molecule has 0 aliphatic heterocycles. The van der Waals surface area contributed by atoms with Crippen molar-refractivity contribution >= 4 is 28.2 Å². The standard InChI is InChI=1S/C22H18N4O2/c23-20-7-3-6-18(19(20)12-15-8-10-24-11-9-15)22(27)26(28)21-13-16-4-1-2-5-17(16)14-25-21/h1-11,13-14,28H,12,23H2. The van der Waals surface area contributed by atoms with Gasteiger partial charge in [-0.1, -0.05) is 30.3 Å². The Bertz CT molecular complexity index is 1150. The molecule has 0 saturated heterocycles. The molecule has 0 fully saturated rings. The molecule has 0 aliphatic carbocycles. The minimum Gasteiger partial charge on any atom is -0.398 e. The van der Waals surface area contributed by atoms with Gasteiger partial charge in [0.25, 0.3) is 5.91 Å². The minimum absolute atomic E-state index is 0.154. The third kappa shape index (κ3) is 3.41. The molecule has 138 valence electrons. The van der Waals surface area contributed by atoms with Gasteiger partial charge in [0.05, 0.1) is 0 Å². The number of carbonyl (C=O) groups is 1. The molecule has 2 aromatic carbocycles. The molecular weight excluding hydrogens is 352 g/mol. The average molecular weight is 370 g/mol. The SMILES string of the molecule is Nc1cccc(C(=O)N(O)c2cc3ccccc3cn2)c1Cc1ccncc1. The Morgan fingerprint density at radius 3 is 2.54 bits per heavy atom. The van der Waals surface area contributed by atoms with Crippen LogP contribution in [-0.2, 0) is 6.42 Å². The Balaban J connectivity index is 1.69. The van der Waals surface area contributed by atoms with Gasteiger partial charge >= 0.3 is 0 Å². The number of benzene rings is 2. The van der Waals surface area contributed by atoms with E-state index in [0.29, 0.717) is 28.3 Å². The summed E-state index contributed by atoms with van der Waals surface area (Å²) in [5, 5.41) is 12.9. The summed E-state index contributed by atoms with van der Waals surface area (Å²) in [6, 6.07) is 18.1. The van der Waals surface area contributed by atoms with Crippen molar-refractivity contribution in [2.45, 2.75) is 6.42 Å². The number of fused-ring (bicyclic) bond motifs is 1. The second-order valence-corrected chi connectivity index (χ2v) is 6.41. The van der Waals surface area contributed by atoms with E-state index < -0.39 is 5.91 Å². The van der Waals surface area contributed by atoms with Crippen LogP contribution in [-0.4, -0.2) is 21.1 Å². The highest BCUT2D eigenvalue weighted by Gasteiger charge is 2.21. The third-order valence-corrected chi connectivity index (χ3v) is 4.60. The first-order valence-electron chi connectivity index (χ1n) is 8.78. The van der Waals surface area contributed by atoms with Crippen molar-refractivity contribution in [2.75, 3.05) is 10.8 Å². The van der Waals surface area contributed by atoms with Gasteiger partial charge < -0.3 is 5.73 Å². The zero-order chi connectivity index (χ0) is 19.5. The number of carbonyl (C=O) groups excluding carboxylic acids is 1. The van der Waals surface area contributed by atoms with Crippen LogP contribution >= 0.6 is 0 Å². The van der Waals surface area contributed by atoms with E-state index in [1.165, 1.54) is 0 Å². The number of hydrogen-bond acceptors (Lipinski definition) is 5. The number of hydrogen-bond donors (Lipinski definition) is 2. The van der Waals surface area contributed by atoms with E-state index in [4.69, 9.17) is 5.73 Å². The van der Waals surface area contributed by atoms with Crippen molar-refractivity contribution in [1.29, 1.82) is 0 Å². The number of rotatable bonds is 4. The Labute approximate surface area is 161 Å². The van der Waals surface area contributed by atoms with Crippen molar-refractivity contribution in [3.63, 3.8) is 0 Å². The van der Waals surface area contributed by atoms with Gasteiger partial charge in [0, 0.05) is 41.6 Å². The lowest BCUT2D eigenvalue weighted by molar-refractivity contribution is 0.0851. The third-order valence-electron chi connectivity index (χ3n) is 4.60. The average Bonchev–Trinajstić information content (AvgIpc) is 2.74. The summed E-state index contributed by atoms with van der Waals surface area (Å²) in [5.41, 5.74) is 8.57. The van der Waals surface area contributed by atoms with Crippen molar-refractivity contribution in [3.8, 4) is 0 Å². The number of nitrogens with zero attached hydrogens (tertiary/aromatic N) is 3. The number of hydroxylamine groups is 1. The fourth-order valence-electron chi connectivity index (χ4n) is 3.11. The lowest BCUT2D eigenvalue weighted by Gasteiger charge is -2.18. The number of pyridine rings is 2. The molecular formula is C22H18N4O2. The minimum atomic E-state index is -0.584. The lowest BCUT2D eigenvalue weighted by Crippen LogP contribution is -2.29. The van der Waals surface area contributed by atoms with Gasteiger partial charge in [0.2, 0.25) is 0 Å². The van der Waals surface area contributed by atoms with Crippen LogP contribution in [0.25, 0.3) is 10.8 Å². The second kappa shape index (κ2) is 7.46. The van der Waals surface area contributed by atoms with Crippen LogP contribution in [0, 0.1) is 0 Å². The van der Waals surface area contributed by atoms with Gasteiger partial charge in [-0.3, -0.25) is 15.0 Å². The molecule has 0 spiro atoms.